The molecule has 0 saturated carbocycles. The number of hydrogen-bond acceptors (Lipinski definition) is 8. The SMILES string of the molecule is CCNc1nc(NC2(CO)CCOCC2)nc(N(C)C)n1. The van der Waals surface area contributed by atoms with E-state index in [9.17, 15) is 5.11 Å². The summed E-state index contributed by atoms with van der Waals surface area (Å²) in [7, 11) is 3.76. The fourth-order valence-corrected chi connectivity index (χ4v) is 2.18. The maximum Gasteiger partial charge on any atom is 0.231 e. The maximum absolute atomic E-state index is 9.74. The first-order valence-corrected chi connectivity index (χ1v) is 7.22. The Morgan fingerprint density at radius 3 is 2.43 bits per heavy atom. The molecule has 0 bridgehead atoms. The van der Waals surface area contributed by atoms with Crippen molar-refractivity contribution < 1.29 is 9.84 Å². The van der Waals surface area contributed by atoms with E-state index in [4.69, 9.17) is 4.74 Å². The van der Waals surface area contributed by atoms with Gasteiger partial charge in [-0.3, -0.25) is 0 Å². The maximum atomic E-state index is 9.74. The van der Waals surface area contributed by atoms with Gasteiger partial charge in [0.1, 0.15) is 0 Å². The second kappa shape index (κ2) is 6.86. The van der Waals surface area contributed by atoms with E-state index in [-0.39, 0.29) is 6.61 Å². The van der Waals surface area contributed by atoms with Crippen LogP contribution in [0.4, 0.5) is 17.8 Å². The molecule has 0 aliphatic carbocycles. The first kappa shape index (κ1) is 15.7. The molecule has 1 aliphatic rings. The van der Waals surface area contributed by atoms with Crippen LogP contribution in [0.5, 0.6) is 0 Å². The summed E-state index contributed by atoms with van der Waals surface area (Å²) in [5.41, 5.74) is -0.424. The average molecular weight is 296 g/mol. The lowest BCUT2D eigenvalue weighted by Crippen LogP contribution is -2.47. The number of nitrogens with zero attached hydrogens (tertiary/aromatic N) is 4. The molecule has 8 heteroatoms. The lowest BCUT2D eigenvalue weighted by atomic mass is 9.91. The van der Waals surface area contributed by atoms with Crippen molar-refractivity contribution in [3.8, 4) is 0 Å². The molecule has 0 unspecified atom stereocenters. The minimum Gasteiger partial charge on any atom is -0.394 e. The van der Waals surface area contributed by atoms with Crippen LogP contribution in [-0.4, -0.2) is 66.1 Å². The van der Waals surface area contributed by atoms with Gasteiger partial charge in [-0.15, -0.1) is 0 Å². The van der Waals surface area contributed by atoms with Crippen LogP contribution in [0, 0.1) is 0 Å². The molecule has 118 valence electrons. The Morgan fingerprint density at radius 2 is 1.86 bits per heavy atom. The average Bonchev–Trinajstić information content (AvgIpc) is 2.48. The Bertz CT molecular complexity index is 462. The zero-order valence-electron chi connectivity index (χ0n) is 12.9. The summed E-state index contributed by atoms with van der Waals surface area (Å²) in [4.78, 5) is 14.9. The molecule has 0 spiro atoms. The van der Waals surface area contributed by atoms with Crippen molar-refractivity contribution in [2.45, 2.75) is 25.3 Å². The van der Waals surface area contributed by atoms with E-state index >= 15 is 0 Å². The van der Waals surface area contributed by atoms with Crippen LogP contribution in [0.1, 0.15) is 19.8 Å². The fraction of sp³-hybridized carbons (Fsp3) is 0.769. The largest absolute Gasteiger partial charge is 0.394 e. The van der Waals surface area contributed by atoms with Crippen molar-refractivity contribution in [1.82, 2.24) is 15.0 Å². The third kappa shape index (κ3) is 3.92. The number of hydrogen-bond donors (Lipinski definition) is 3. The Balaban J connectivity index is 2.24. The normalized spacial score (nSPS) is 17.3. The van der Waals surface area contributed by atoms with Gasteiger partial charge in [-0.05, 0) is 19.8 Å². The van der Waals surface area contributed by atoms with Gasteiger partial charge in [0.25, 0.3) is 0 Å². The van der Waals surface area contributed by atoms with Crippen LogP contribution >= 0.6 is 0 Å². The number of aliphatic hydroxyl groups excluding tert-OH is 1. The summed E-state index contributed by atoms with van der Waals surface area (Å²) in [5.74, 6) is 1.57. The van der Waals surface area contributed by atoms with E-state index in [1.165, 1.54) is 0 Å². The molecule has 2 heterocycles. The van der Waals surface area contributed by atoms with Gasteiger partial charge in [-0.25, -0.2) is 0 Å². The predicted octanol–water partition coefficient (Wildman–Crippen LogP) is 0.323. The molecule has 1 aliphatic heterocycles. The molecule has 1 aromatic heterocycles. The van der Waals surface area contributed by atoms with Gasteiger partial charge in [0.05, 0.1) is 12.1 Å². The number of rotatable bonds is 6. The zero-order valence-corrected chi connectivity index (χ0v) is 12.9. The molecule has 1 aromatic rings. The number of aliphatic hydroxyl groups is 1. The highest BCUT2D eigenvalue weighted by Gasteiger charge is 2.33. The highest BCUT2D eigenvalue weighted by molar-refractivity contribution is 5.44. The Hall–Kier alpha value is -1.67. The Kier molecular flexibility index (Phi) is 5.13. The highest BCUT2D eigenvalue weighted by atomic mass is 16.5. The Morgan fingerprint density at radius 1 is 1.19 bits per heavy atom. The van der Waals surface area contributed by atoms with Crippen molar-refractivity contribution in [2.24, 2.45) is 0 Å². The molecule has 3 N–H and O–H groups in total. The van der Waals surface area contributed by atoms with Crippen LogP contribution in [0.3, 0.4) is 0 Å². The fourth-order valence-electron chi connectivity index (χ4n) is 2.18. The summed E-state index contributed by atoms with van der Waals surface area (Å²) in [5, 5.41) is 16.1. The molecule has 1 fully saturated rings. The summed E-state index contributed by atoms with van der Waals surface area (Å²) >= 11 is 0. The Labute approximate surface area is 125 Å². The van der Waals surface area contributed by atoms with E-state index in [0.29, 0.717) is 31.1 Å². The van der Waals surface area contributed by atoms with Crippen molar-refractivity contribution in [3.05, 3.63) is 0 Å². The van der Waals surface area contributed by atoms with E-state index in [1.54, 1.807) is 0 Å². The monoisotopic (exact) mass is 296 g/mol. The van der Waals surface area contributed by atoms with Crippen LogP contribution < -0.4 is 15.5 Å². The van der Waals surface area contributed by atoms with Gasteiger partial charge in [0.2, 0.25) is 17.8 Å². The van der Waals surface area contributed by atoms with Gasteiger partial charge < -0.3 is 25.4 Å². The quantitative estimate of drug-likeness (QED) is 0.691. The topological polar surface area (TPSA) is 95.4 Å². The smallest absolute Gasteiger partial charge is 0.231 e. The number of aromatic nitrogens is 3. The standard InChI is InChI=1S/C13H24N6O2/c1-4-14-10-15-11(17-12(16-10)19(2)3)18-13(9-20)5-7-21-8-6-13/h20H,4-9H2,1-3H3,(H2,14,15,16,17,18). The van der Waals surface area contributed by atoms with Crippen molar-refractivity contribution in [2.75, 3.05) is 56.0 Å². The molecule has 1 saturated heterocycles. The van der Waals surface area contributed by atoms with Gasteiger partial charge in [-0.2, -0.15) is 15.0 Å². The van der Waals surface area contributed by atoms with Crippen molar-refractivity contribution in [1.29, 1.82) is 0 Å². The second-order valence-electron chi connectivity index (χ2n) is 5.38. The van der Waals surface area contributed by atoms with Crippen LogP contribution in [0.25, 0.3) is 0 Å². The third-order valence-corrected chi connectivity index (χ3v) is 3.49. The predicted molar refractivity (Wildman–Crippen MR) is 81.8 cm³/mol. The summed E-state index contributed by atoms with van der Waals surface area (Å²) in [6.45, 7) is 3.99. The number of nitrogens with one attached hydrogen (secondary N) is 2. The molecule has 0 atom stereocenters. The third-order valence-electron chi connectivity index (χ3n) is 3.49. The summed E-state index contributed by atoms with van der Waals surface area (Å²) in [6.07, 6.45) is 1.45. The molecule has 0 amide bonds. The number of ether oxygens (including phenoxy) is 1. The van der Waals surface area contributed by atoms with Crippen LogP contribution in [-0.2, 0) is 4.74 Å². The minimum atomic E-state index is -0.424. The van der Waals surface area contributed by atoms with Crippen molar-refractivity contribution >= 4 is 17.8 Å². The first-order valence-electron chi connectivity index (χ1n) is 7.22. The molecule has 8 nitrogen and oxygen atoms in total. The molecular weight excluding hydrogens is 272 g/mol. The second-order valence-corrected chi connectivity index (χ2v) is 5.38. The zero-order chi connectivity index (χ0) is 15.3. The summed E-state index contributed by atoms with van der Waals surface area (Å²) in [6, 6.07) is 0. The van der Waals surface area contributed by atoms with Gasteiger partial charge in [0, 0.05) is 33.9 Å². The molecular formula is C13H24N6O2. The van der Waals surface area contributed by atoms with E-state index in [2.05, 4.69) is 25.6 Å². The molecule has 0 aromatic carbocycles. The van der Waals surface area contributed by atoms with E-state index in [1.807, 2.05) is 25.9 Å². The van der Waals surface area contributed by atoms with E-state index in [0.717, 1.165) is 19.4 Å². The highest BCUT2D eigenvalue weighted by Crippen LogP contribution is 2.25. The molecule has 21 heavy (non-hydrogen) atoms. The van der Waals surface area contributed by atoms with Gasteiger partial charge in [0.15, 0.2) is 0 Å². The van der Waals surface area contributed by atoms with Gasteiger partial charge >= 0.3 is 0 Å². The lowest BCUT2D eigenvalue weighted by Gasteiger charge is -2.36. The lowest BCUT2D eigenvalue weighted by molar-refractivity contribution is 0.0377. The van der Waals surface area contributed by atoms with E-state index < -0.39 is 5.54 Å². The molecule has 0 radical (unpaired) electrons. The van der Waals surface area contributed by atoms with Crippen LogP contribution in [0.2, 0.25) is 0 Å². The van der Waals surface area contributed by atoms with Gasteiger partial charge in [-0.1, -0.05) is 0 Å². The van der Waals surface area contributed by atoms with Crippen molar-refractivity contribution in [3.63, 3.8) is 0 Å². The number of anilines is 3. The minimum absolute atomic E-state index is 0.0237. The summed E-state index contributed by atoms with van der Waals surface area (Å²) < 4.78 is 5.36. The molecule has 2 rings (SSSR count). The first-order chi connectivity index (χ1) is 10.1. The van der Waals surface area contributed by atoms with Crippen LogP contribution in [0.15, 0.2) is 0 Å².